The van der Waals surface area contributed by atoms with Crippen molar-refractivity contribution in [3.8, 4) is 16.9 Å². The highest BCUT2D eigenvalue weighted by molar-refractivity contribution is 9.10. The minimum atomic E-state index is -4.61. The van der Waals surface area contributed by atoms with Gasteiger partial charge in [-0.05, 0) is 42.3 Å². The molecule has 0 saturated carbocycles. The fourth-order valence-corrected chi connectivity index (χ4v) is 2.28. The average molecular weight is 389 g/mol. The number of halogens is 4. The standard InChI is InChI=1S/C17H16BrF3O2/c1-12(23-17(19,20)21)10-11-22-16-8-4-14(5-9-16)13-2-6-15(18)7-3-13/h2-9,12H,10-11H2,1H3/t12-/m0/s1. The van der Waals surface area contributed by atoms with Crippen LogP contribution < -0.4 is 4.74 Å². The lowest BCUT2D eigenvalue weighted by molar-refractivity contribution is -0.341. The molecule has 0 N–H and O–H groups in total. The van der Waals surface area contributed by atoms with Gasteiger partial charge in [0, 0.05) is 10.9 Å². The topological polar surface area (TPSA) is 18.5 Å². The van der Waals surface area contributed by atoms with Gasteiger partial charge in [0.05, 0.1) is 12.7 Å². The van der Waals surface area contributed by atoms with Crippen LogP contribution in [0.1, 0.15) is 13.3 Å². The maximum atomic E-state index is 12.0. The molecule has 0 amide bonds. The zero-order valence-electron chi connectivity index (χ0n) is 12.4. The first-order valence-corrected chi connectivity index (χ1v) is 7.86. The molecule has 0 bridgehead atoms. The second-order valence-corrected chi connectivity index (χ2v) is 5.96. The molecule has 0 aliphatic rings. The molecule has 2 aromatic rings. The van der Waals surface area contributed by atoms with E-state index in [0.29, 0.717) is 5.75 Å². The summed E-state index contributed by atoms with van der Waals surface area (Å²) in [5, 5.41) is 0. The summed E-state index contributed by atoms with van der Waals surface area (Å²) in [6, 6.07) is 15.3. The van der Waals surface area contributed by atoms with E-state index < -0.39 is 12.5 Å². The molecule has 0 spiro atoms. The van der Waals surface area contributed by atoms with E-state index in [4.69, 9.17) is 4.74 Å². The fraction of sp³-hybridized carbons (Fsp3) is 0.294. The zero-order chi connectivity index (χ0) is 16.9. The average Bonchev–Trinajstić information content (AvgIpc) is 2.47. The maximum Gasteiger partial charge on any atom is 0.522 e. The van der Waals surface area contributed by atoms with E-state index in [-0.39, 0.29) is 13.0 Å². The lowest BCUT2D eigenvalue weighted by Crippen LogP contribution is -2.23. The molecular weight excluding hydrogens is 373 g/mol. The first kappa shape index (κ1) is 17.8. The molecule has 1 atom stereocenters. The van der Waals surface area contributed by atoms with Crippen LogP contribution in [-0.2, 0) is 4.74 Å². The predicted molar refractivity (Wildman–Crippen MR) is 86.3 cm³/mol. The second-order valence-electron chi connectivity index (χ2n) is 5.04. The van der Waals surface area contributed by atoms with E-state index in [9.17, 15) is 13.2 Å². The molecule has 124 valence electrons. The van der Waals surface area contributed by atoms with Gasteiger partial charge in [-0.15, -0.1) is 13.2 Å². The van der Waals surface area contributed by atoms with Crippen LogP contribution in [0.4, 0.5) is 13.2 Å². The van der Waals surface area contributed by atoms with Crippen molar-refractivity contribution in [1.29, 1.82) is 0 Å². The highest BCUT2D eigenvalue weighted by Crippen LogP contribution is 2.24. The number of benzene rings is 2. The molecule has 0 saturated heterocycles. The van der Waals surface area contributed by atoms with E-state index in [1.54, 1.807) is 12.1 Å². The van der Waals surface area contributed by atoms with Crippen molar-refractivity contribution in [2.75, 3.05) is 6.61 Å². The van der Waals surface area contributed by atoms with Gasteiger partial charge in [-0.1, -0.05) is 40.2 Å². The van der Waals surface area contributed by atoms with Crippen LogP contribution in [0.5, 0.6) is 5.75 Å². The summed E-state index contributed by atoms with van der Waals surface area (Å²) in [6.07, 6.45) is -5.38. The van der Waals surface area contributed by atoms with Crippen molar-refractivity contribution in [2.45, 2.75) is 25.8 Å². The molecule has 0 heterocycles. The molecule has 2 nitrogen and oxygen atoms in total. The van der Waals surface area contributed by atoms with Crippen molar-refractivity contribution in [1.82, 2.24) is 0 Å². The van der Waals surface area contributed by atoms with Crippen LogP contribution in [0, 0.1) is 0 Å². The molecule has 0 fully saturated rings. The molecule has 2 aromatic carbocycles. The Hall–Kier alpha value is -1.53. The second kappa shape index (κ2) is 7.84. The fourth-order valence-electron chi connectivity index (χ4n) is 2.02. The van der Waals surface area contributed by atoms with Crippen molar-refractivity contribution in [2.24, 2.45) is 0 Å². The molecule has 2 rings (SSSR count). The third kappa shape index (κ3) is 6.23. The van der Waals surface area contributed by atoms with E-state index in [0.717, 1.165) is 15.6 Å². The Morgan fingerprint density at radius 3 is 2.00 bits per heavy atom. The number of rotatable bonds is 6. The Balaban J connectivity index is 1.84. The van der Waals surface area contributed by atoms with Gasteiger partial charge in [0.25, 0.3) is 0 Å². The van der Waals surface area contributed by atoms with Gasteiger partial charge in [0.15, 0.2) is 0 Å². The van der Waals surface area contributed by atoms with Crippen molar-refractivity contribution in [3.63, 3.8) is 0 Å². The third-order valence-corrected chi connectivity index (χ3v) is 3.69. The minimum absolute atomic E-state index is 0.161. The summed E-state index contributed by atoms with van der Waals surface area (Å²) >= 11 is 3.39. The maximum absolute atomic E-state index is 12.0. The lowest BCUT2D eigenvalue weighted by Gasteiger charge is -2.15. The largest absolute Gasteiger partial charge is 0.522 e. The van der Waals surface area contributed by atoms with Crippen LogP contribution in [0.15, 0.2) is 53.0 Å². The number of ether oxygens (including phenoxy) is 2. The monoisotopic (exact) mass is 388 g/mol. The Morgan fingerprint density at radius 2 is 1.48 bits per heavy atom. The predicted octanol–water partition coefficient (Wildman–Crippen LogP) is 5.81. The third-order valence-electron chi connectivity index (χ3n) is 3.16. The van der Waals surface area contributed by atoms with Crippen LogP contribution in [0.2, 0.25) is 0 Å². The van der Waals surface area contributed by atoms with Crippen molar-refractivity contribution < 1.29 is 22.6 Å². The first-order chi connectivity index (χ1) is 10.8. The Kier molecular flexibility index (Phi) is 6.07. The zero-order valence-corrected chi connectivity index (χ0v) is 14.0. The smallest absolute Gasteiger partial charge is 0.493 e. The number of hydrogen-bond acceptors (Lipinski definition) is 2. The summed E-state index contributed by atoms with van der Waals surface area (Å²) in [4.78, 5) is 0. The molecule has 0 aromatic heterocycles. The molecule has 0 aliphatic carbocycles. The highest BCUT2D eigenvalue weighted by Gasteiger charge is 2.31. The van der Waals surface area contributed by atoms with E-state index in [1.807, 2.05) is 36.4 Å². The quantitative estimate of drug-likeness (QED) is 0.621. The summed E-state index contributed by atoms with van der Waals surface area (Å²) < 4.78 is 46.4. The van der Waals surface area contributed by atoms with Gasteiger partial charge >= 0.3 is 6.36 Å². The molecule has 0 aliphatic heterocycles. The van der Waals surface area contributed by atoms with Crippen LogP contribution in [0.3, 0.4) is 0 Å². The van der Waals surface area contributed by atoms with Gasteiger partial charge in [0.2, 0.25) is 0 Å². The highest BCUT2D eigenvalue weighted by atomic mass is 79.9. The van der Waals surface area contributed by atoms with E-state index in [1.165, 1.54) is 6.92 Å². The molecule has 0 unspecified atom stereocenters. The molecular formula is C17H16BrF3O2. The SMILES string of the molecule is C[C@@H](CCOc1ccc(-c2ccc(Br)cc2)cc1)OC(F)(F)F. The normalized spacial score (nSPS) is 12.9. The molecule has 6 heteroatoms. The number of hydrogen-bond donors (Lipinski definition) is 0. The summed E-state index contributed by atoms with van der Waals surface area (Å²) in [7, 11) is 0. The van der Waals surface area contributed by atoms with Crippen LogP contribution in [-0.4, -0.2) is 19.1 Å². The first-order valence-electron chi connectivity index (χ1n) is 7.07. The van der Waals surface area contributed by atoms with Gasteiger partial charge in [0.1, 0.15) is 5.75 Å². The Morgan fingerprint density at radius 1 is 0.957 bits per heavy atom. The van der Waals surface area contributed by atoms with E-state index in [2.05, 4.69) is 20.7 Å². The molecule has 0 radical (unpaired) electrons. The molecule has 23 heavy (non-hydrogen) atoms. The summed E-state index contributed by atoms with van der Waals surface area (Å²) in [5.74, 6) is 0.616. The lowest BCUT2D eigenvalue weighted by atomic mass is 10.1. The Bertz CT molecular complexity index is 609. The van der Waals surface area contributed by atoms with Crippen molar-refractivity contribution in [3.05, 3.63) is 53.0 Å². The summed E-state index contributed by atoms with van der Waals surface area (Å²) in [6.45, 7) is 1.53. The van der Waals surface area contributed by atoms with Crippen molar-refractivity contribution >= 4 is 15.9 Å². The van der Waals surface area contributed by atoms with Gasteiger partial charge in [-0.3, -0.25) is 4.74 Å². The van der Waals surface area contributed by atoms with Crippen LogP contribution in [0.25, 0.3) is 11.1 Å². The minimum Gasteiger partial charge on any atom is -0.493 e. The summed E-state index contributed by atoms with van der Waals surface area (Å²) in [5.41, 5.74) is 2.12. The van der Waals surface area contributed by atoms with Gasteiger partial charge in [-0.25, -0.2) is 0 Å². The van der Waals surface area contributed by atoms with Gasteiger partial charge < -0.3 is 4.74 Å². The Labute approximate surface area is 141 Å². The van der Waals surface area contributed by atoms with E-state index >= 15 is 0 Å². The number of alkyl halides is 3. The van der Waals surface area contributed by atoms with Gasteiger partial charge in [-0.2, -0.15) is 0 Å². The van der Waals surface area contributed by atoms with Crippen LogP contribution >= 0.6 is 15.9 Å².